The minimum absolute atomic E-state index is 0.147. The van der Waals surface area contributed by atoms with E-state index in [1.54, 1.807) is 17.4 Å². The summed E-state index contributed by atoms with van der Waals surface area (Å²) >= 11 is 1.56. The zero-order valence-electron chi connectivity index (χ0n) is 12.1. The summed E-state index contributed by atoms with van der Waals surface area (Å²) in [5.41, 5.74) is 0.803. The Morgan fingerprint density at radius 2 is 2.43 bits per heavy atom. The van der Waals surface area contributed by atoms with Crippen molar-refractivity contribution >= 4 is 17.2 Å². The van der Waals surface area contributed by atoms with Gasteiger partial charge in [0.25, 0.3) is 5.91 Å². The van der Waals surface area contributed by atoms with Crippen LogP contribution in [0.2, 0.25) is 0 Å². The van der Waals surface area contributed by atoms with E-state index in [9.17, 15) is 4.79 Å². The van der Waals surface area contributed by atoms with Crippen molar-refractivity contribution in [3.05, 3.63) is 35.0 Å². The van der Waals surface area contributed by atoms with Gasteiger partial charge in [-0.25, -0.2) is 0 Å². The third-order valence-electron chi connectivity index (χ3n) is 4.20. The first-order chi connectivity index (χ1) is 10.3. The number of likely N-dealkylation sites (tertiary alicyclic amines) is 1. The molecule has 0 spiro atoms. The minimum Gasteiger partial charge on any atom is -0.375 e. The molecule has 0 radical (unpaired) electrons. The van der Waals surface area contributed by atoms with Gasteiger partial charge in [-0.2, -0.15) is 11.3 Å². The van der Waals surface area contributed by atoms with Crippen molar-refractivity contribution in [3.63, 3.8) is 0 Å². The molecule has 4 nitrogen and oxygen atoms in total. The largest absolute Gasteiger partial charge is 0.375 e. The third kappa shape index (κ3) is 3.20. The van der Waals surface area contributed by atoms with Crippen LogP contribution in [-0.2, 0) is 9.47 Å². The second-order valence-corrected chi connectivity index (χ2v) is 6.35. The summed E-state index contributed by atoms with van der Waals surface area (Å²) in [6.07, 6.45) is 4.95. The van der Waals surface area contributed by atoms with Crippen LogP contribution in [0.3, 0.4) is 0 Å². The Balaban J connectivity index is 1.57. The lowest BCUT2D eigenvalue weighted by molar-refractivity contribution is -0.0937. The van der Waals surface area contributed by atoms with Gasteiger partial charge in [-0.05, 0) is 30.7 Å². The molecule has 0 N–H and O–H groups in total. The topological polar surface area (TPSA) is 38.8 Å². The van der Waals surface area contributed by atoms with Crippen molar-refractivity contribution in [2.75, 3.05) is 19.8 Å². The van der Waals surface area contributed by atoms with Gasteiger partial charge in [-0.3, -0.25) is 4.79 Å². The van der Waals surface area contributed by atoms with E-state index < -0.39 is 0 Å². The Bertz CT molecular complexity index is 488. The van der Waals surface area contributed by atoms with Crippen LogP contribution in [0.1, 0.15) is 29.6 Å². The summed E-state index contributed by atoms with van der Waals surface area (Å²) in [6, 6.07) is 2.13. The van der Waals surface area contributed by atoms with E-state index in [1.165, 1.54) is 0 Å². The van der Waals surface area contributed by atoms with E-state index in [1.807, 2.05) is 21.7 Å². The summed E-state index contributed by atoms with van der Waals surface area (Å²) in [7, 11) is 0. The molecule has 0 aromatic carbocycles. The van der Waals surface area contributed by atoms with Crippen molar-refractivity contribution in [1.29, 1.82) is 0 Å². The van der Waals surface area contributed by atoms with Crippen LogP contribution in [0, 0.1) is 0 Å². The number of amides is 1. The molecule has 2 fully saturated rings. The standard InChI is InChI=1S/C16H21NO3S/c1-2-8-19-10-13-3-4-14-15(20-13)5-7-17(14)16(18)12-6-9-21-11-12/h2,6,9,11,13-15H,1,3-5,7-8,10H2/t13-,14+,15+/m0/s1. The highest BCUT2D eigenvalue weighted by Crippen LogP contribution is 2.32. The number of hydrogen-bond acceptors (Lipinski definition) is 4. The molecule has 114 valence electrons. The number of ether oxygens (including phenoxy) is 2. The first-order valence-electron chi connectivity index (χ1n) is 7.47. The number of fused-ring (bicyclic) bond motifs is 1. The predicted molar refractivity (Wildman–Crippen MR) is 82.7 cm³/mol. The molecular weight excluding hydrogens is 286 g/mol. The molecule has 0 unspecified atom stereocenters. The quantitative estimate of drug-likeness (QED) is 0.620. The summed E-state index contributed by atoms with van der Waals surface area (Å²) in [6.45, 7) is 5.62. The molecular formula is C16H21NO3S. The van der Waals surface area contributed by atoms with Crippen LogP contribution >= 0.6 is 11.3 Å². The fourth-order valence-electron chi connectivity index (χ4n) is 3.21. The number of hydrogen-bond donors (Lipinski definition) is 0. The molecule has 21 heavy (non-hydrogen) atoms. The highest BCUT2D eigenvalue weighted by Gasteiger charge is 2.42. The average Bonchev–Trinajstić information content (AvgIpc) is 3.16. The maximum atomic E-state index is 12.5. The number of nitrogens with zero attached hydrogens (tertiary/aromatic N) is 1. The van der Waals surface area contributed by atoms with Gasteiger partial charge in [-0.1, -0.05) is 6.08 Å². The molecule has 3 rings (SSSR count). The fourth-order valence-corrected chi connectivity index (χ4v) is 3.84. The number of carbonyl (C=O) groups excluding carboxylic acids is 1. The predicted octanol–water partition coefficient (Wildman–Crippen LogP) is 2.71. The minimum atomic E-state index is 0.147. The van der Waals surface area contributed by atoms with E-state index in [2.05, 4.69) is 6.58 Å². The van der Waals surface area contributed by atoms with Crippen molar-refractivity contribution in [2.24, 2.45) is 0 Å². The molecule has 1 aromatic rings. The van der Waals surface area contributed by atoms with Crippen molar-refractivity contribution in [1.82, 2.24) is 4.90 Å². The molecule has 0 saturated carbocycles. The van der Waals surface area contributed by atoms with E-state index in [4.69, 9.17) is 9.47 Å². The Morgan fingerprint density at radius 1 is 1.52 bits per heavy atom. The van der Waals surface area contributed by atoms with E-state index in [0.717, 1.165) is 31.4 Å². The zero-order chi connectivity index (χ0) is 14.7. The van der Waals surface area contributed by atoms with Gasteiger partial charge in [0.15, 0.2) is 0 Å². The van der Waals surface area contributed by atoms with Crippen LogP contribution in [0.15, 0.2) is 29.5 Å². The summed E-state index contributed by atoms with van der Waals surface area (Å²) in [4.78, 5) is 14.5. The number of rotatable bonds is 5. The van der Waals surface area contributed by atoms with Gasteiger partial charge in [0.2, 0.25) is 0 Å². The smallest absolute Gasteiger partial charge is 0.255 e. The molecule has 5 heteroatoms. The van der Waals surface area contributed by atoms with Gasteiger partial charge in [-0.15, -0.1) is 6.58 Å². The molecule has 2 saturated heterocycles. The molecule has 2 aliphatic rings. The lowest BCUT2D eigenvalue weighted by Gasteiger charge is -2.35. The Morgan fingerprint density at radius 3 is 3.19 bits per heavy atom. The highest BCUT2D eigenvalue weighted by atomic mass is 32.1. The van der Waals surface area contributed by atoms with Crippen LogP contribution in [0.4, 0.5) is 0 Å². The SMILES string of the molecule is C=CCOC[C@@H]1CC[C@@H]2[C@@H](CCN2C(=O)c2ccsc2)O1. The fraction of sp³-hybridized carbons (Fsp3) is 0.562. The van der Waals surface area contributed by atoms with Gasteiger partial charge >= 0.3 is 0 Å². The van der Waals surface area contributed by atoms with Crippen LogP contribution in [0.25, 0.3) is 0 Å². The first kappa shape index (κ1) is 14.8. The highest BCUT2D eigenvalue weighted by molar-refractivity contribution is 7.08. The number of thiophene rings is 1. The van der Waals surface area contributed by atoms with E-state index in [-0.39, 0.29) is 24.2 Å². The van der Waals surface area contributed by atoms with Crippen molar-refractivity contribution in [3.8, 4) is 0 Å². The second kappa shape index (κ2) is 6.73. The maximum Gasteiger partial charge on any atom is 0.255 e. The van der Waals surface area contributed by atoms with Gasteiger partial charge in [0.1, 0.15) is 0 Å². The Labute approximate surface area is 129 Å². The van der Waals surface area contributed by atoms with Gasteiger partial charge in [0.05, 0.1) is 37.0 Å². The molecule has 1 aromatic heterocycles. The zero-order valence-corrected chi connectivity index (χ0v) is 12.9. The lowest BCUT2D eigenvalue weighted by atomic mass is 9.99. The Hall–Kier alpha value is -1.17. The molecule has 2 aliphatic heterocycles. The average molecular weight is 307 g/mol. The lowest BCUT2D eigenvalue weighted by Crippen LogP contribution is -2.45. The molecule has 0 aliphatic carbocycles. The summed E-state index contributed by atoms with van der Waals surface area (Å²) in [5.74, 6) is 0.147. The van der Waals surface area contributed by atoms with E-state index in [0.29, 0.717) is 13.2 Å². The van der Waals surface area contributed by atoms with Crippen LogP contribution in [-0.4, -0.2) is 48.8 Å². The summed E-state index contributed by atoms with van der Waals surface area (Å²) < 4.78 is 11.6. The monoisotopic (exact) mass is 307 g/mol. The first-order valence-corrected chi connectivity index (χ1v) is 8.41. The van der Waals surface area contributed by atoms with E-state index >= 15 is 0 Å². The third-order valence-corrected chi connectivity index (χ3v) is 4.89. The molecule has 0 bridgehead atoms. The van der Waals surface area contributed by atoms with Gasteiger partial charge < -0.3 is 14.4 Å². The maximum absolute atomic E-state index is 12.5. The number of carbonyl (C=O) groups is 1. The molecule has 1 amide bonds. The Kier molecular flexibility index (Phi) is 4.73. The van der Waals surface area contributed by atoms with Crippen LogP contribution < -0.4 is 0 Å². The van der Waals surface area contributed by atoms with Gasteiger partial charge in [0, 0.05) is 11.9 Å². The normalized spacial score (nSPS) is 28.4. The molecule has 3 heterocycles. The van der Waals surface area contributed by atoms with Crippen molar-refractivity contribution < 1.29 is 14.3 Å². The summed E-state index contributed by atoms with van der Waals surface area (Å²) in [5, 5.41) is 3.87. The van der Waals surface area contributed by atoms with Crippen molar-refractivity contribution in [2.45, 2.75) is 37.5 Å². The van der Waals surface area contributed by atoms with Crippen LogP contribution in [0.5, 0.6) is 0 Å². The second-order valence-electron chi connectivity index (χ2n) is 5.57. The molecule has 3 atom stereocenters.